The fourth-order valence-corrected chi connectivity index (χ4v) is 3.13. The summed E-state index contributed by atoms with van der Waals surface area (Å²) in [5.41, 5.74) is 0.751. The van der Waals surface area contributed by atoms with Crippen molar-refractivity contribution in [1.29, 1.82) is 0 Å². The molecule has 1 heterocycles. The van der Waals surface area contributed by atoms with E-state index in [0.717, 1.165) is 5.56 Å². The highest BCUT2D eigenvalue weighted by Crippen LogP contribution is 2.21. The topological polar surface area (TPSA) is 105 Å². The average molecular weight is 390 g/mol. The number of carboxylic acid groups (broad SMARTS) is 1. The molecule has 2 unspecified atom stereocenters. The third kappa shape index (κ3) is 5.82. The number of ether oxygens (including phenoxy) is 1. The SMILES string of the molecule is COc1ccccc1CC(CNC(=O)C(C)NC(=O)c1cccs1)C(=O)O. The fraction of sp³-hybridized carbons (Fsp3) is 0.316. The number of carboxylic acids is 1. The zero-order valence-corrected chi connectivity index (χ0v) is 15.9. The first-order valence-electron chi connectivity index (χ1n) is 8.39. The number of amides is 2. The lowest BCUT2D eigenvalue weighted by molar-refractivity contribution is -0.141. The van der Waals surface area contributed by atoms with Crippen LogP contribution in [-0.2, 0) is 16.0 Å². The number of hydrogen-bond acceptors (Lipinski definition) is 5. The number of nitrogens with one attached hydrogen (secondary N) is 2. The number of carbonyl (C=O) groups excluding carboxylic acids is 2. The molecule has 2 aromatic rings. The zero-order chi connectivity index (χ0) is 19.8. The smallest absolute Gasteiger partial charge is 0.308 e. The molecule has 0 bridgehead atoms. The van der Waals surface area contributed by atoms with Crippen LogP contribution in [0.4, 0.5) is 0 Å². The van der Waals surface area contributed by atoms with Crippen LogP contribution in [0.25, 0.3) is 0 Å². The summed E-state index contributed by atoms with van der Waals surface area (Å²) in [4.78, 5) is 36.3. The van der Waals surface area contributed by atoms with E-state index in [1.54, 1.807) is 48.7 Å². The first kappa shape index (κ1) is 20.4. The maximum Gasteiger partial charge on any atom is 0.308 e. The number of hydrogen-bond donors (Lipinski definition) is 3. The van der Waals surface area contributed by atoms with E-state index < -0.39 is 23.8 Å². The molecule has 27 heavy (non-hydrogen) atoms. The average Bonchev–Trinajstić information content (AvgIpc) is 3.19. The first-order valence-corrected chi connectivity index (χ1v) is 9.27. The Bertz CT molecular complexity index is 791. The van der Waals surface area contributed by atoms with Crippen LogP contribution in [0.15, 0.2) is 41.8 Å². The minimum Gasteiger partial charge on any atom is -0.496 e. The van der Waals surface area contributed by atoms with Gasteiger partial charge in [0.15, 0.2) is 0 Å². The van der Waals surface area contributed by atoms with Gasteiger partial charge in [0.2, 0.25) is 5.91 Å². The highest BCUT2D eigenvalue weighted by atomic mass is 32.1. The minimum absolute atomic E-state index is 0.0502. The van der Waals surface area contributed by atoms with Crippen LogP contribution in [0.5, 0.6) is 5.75 Å². The van der Waals surface area contributed by atoms with E-state index in [1.807, 2.05) is 0 Å². The van der Waals surface area contributed by atoms with Gasteiger partial charge >= 0.3 is 5.97 Å². The molecule has 2 amide bonds. The number of rotatable bonds is 9. The fourth-order valence-electron chi connectivity index (χ4n) is 2.50. The van der Waals surface area contributed by atoms with Gasteiger partial charge < -0.3 is 20.5 Å². The van der Waals surface area contributed by atoms with Gasteiger partial charge in [-0.1, -0.05) is 24.3 Å². The monoisotopic (exact) mass is 390 g/mol. The third-order valence-corrected chi connectivity index (χ3v) is 4.89. The van der Waals surface area contributed by atoms with E-state index in [0.29, 0.717) is 10.6 Å². The van der Waals surface area contributed by atoms with Crippen LogP contribution < -0.4 is 15.4 Å². The molecule has 2 rings (SSSR count). The van der Waals surface area contributed by atoms with Crippen molar-refractivity contribution in [1.82, 2.24) is 10.6 Å². The predicted molar refractivity (Wildman–Crippen MR) is 102 cm³/mol. The van der Waals surface area contributed by atoms with Crippen molar-refractivity contribution in [3.05, 3.63) is 52.2 Å². The van der Waals surface area contributed by atoms with Gasteiger partial charge in [0, 0.05) is 6.54 Å². The van der Waals surface area contributed by atoms with Crippen LogP contribution in [-0.4, -0.2) is 42.6 Å². The van der Waals surface area contributed by atoms with E-state index in [-0.39, 0.29) is 18.9 Å². The van der Waals surface area contributed by atoms with Crippen molar-refractivity contribution in [2.75, 3.05) is 13.7 Å². The molecule has 1 aromatic heterocycles. The molecule has 2 atom stereocenters. The van der Waals surface area contributed by atoms with Crippen LogP contribution in [0, 0.1) is 5.92 Å². The Kier molecular flexibility index (Phi) is 7.36. The number of aliphatic carboxylic acids is 1. The summed E-state index contributed by atoms with van der Waals surface area (Å²) in [7, 11) is 1.52. The van der Waals surface area contributed by atoms with Gasteiger partial charge in [-0.15, -0.1) is 11.3 Å². The number of methoxy groups -OCH3 is 1. The molecular weight excluding hydrogens is 368 g/mol. The van der Waals surface area contributed by atoms with Gasteiger partial charge in [0.1, 0.15) is 11.8 Å². The standard InChI is InChI=1S/C19H22N2O5S/c1-12(21-18(23)16-8-5-9-27-16)17(22)20-11-14(19(24)25)10-13-6-3-4-7-15(13)26-2/h3-9,12,14H,10-11H2,1-2H3,(H,20,22)(H,21,23)(H,24,25). The minimum atomic E-state index is -1.02. The van der Waals surface area contributed by atoms with E-state index in [1.165, 1.54) is 18.4 Å². The van der Waals surface area contributed by atoms with Crippen molar-refractivity contribution < 1.29 is 24.2 Å². The molecule has 0 aliphatic heterocycles. The summed E-state index contributed by atoms with van der Waals surface area (Å²) in [5, 5.41) is 16.4. The molecule has 7 nitrogen and oxygen atoms in total. The van der Waals surface area contributed by atoms with Crippen molar-refractivity contribution in [3.8, 4) is 5.75 Å². The quantitative estimate of drug-likeness (QED) is 0.607. The lowest BCUT2D eigenvalue weighted by Gasteiger charge is -2.18. The summed E-state index contributed by atoms with van der Waals surface area (Å²) in [6, 6.07) is 9.79. The molecule has 0 aliphatic rings. The summed E-state index contributed by atoms with van der Waals surface area (Å²) in [6.07, 6.45) is 0.218. The van der Waals surface area contributed by atoms with Gasteiger partial charge in [-0.3, -0.25) is 14.4 Å². The molecule has 8 heteroatoms. The number of thiophene rings is 1. The molecule has 144 valence electrons. The Hall–Kier alpha value is -2.87. The summed E-state index contributed by atoms with van der Waals surface area (Å²) >= 11 is 1.28. The lowest BCUT2D eigenvalue weighted by Crippen LogP contribution is -2.46. The van der Waals surface area contributed by atoms with E-state index in [9.17, 15) is 19.5 Å². The van der Waals surface area contributed by atoms with Crippen molar-refractivity contribution in [2.24, 2.45) is 5.92 Å². The maximum atomic E-state index is 12.2. The van der Waals surface area contributed by atoms with E-state index in [2.05, 4.69) is 10.6 Å². The number of para-hydroxylation sites is 1. The Morgan fingerprint density at radius 2 is 1.93 bits per heavy atom. The second-order valence-electron chi connectivity index (χ2n) is 5.97. The largest absolute Gasteiger partial charge is 0.496 e. The number of carbonyl (C=O) groups is 3. The third-order valence-electron chi connectivity index (χ3n) is 4.02. The van der Waals surface area contributed by atoms with Gasteiger partial charge in [-0.05, 0) is 36.4 Å². The second kappa shape index (κ2) is 9.72. The highest BCUT2D eigenvalue weighted by molar-refractivity contribution is 7.12. The van der Waals surface area contributed by atoms with Gasteiger partial charge in [-0.2, -0.15) is 0 Å². The van der Waals surface area contributed by atoms with Gasteiger partial charge in [0.05, 0.1) is 17.9 Å². The maximum absolute atomic E-state index is 12.2. The second-order valence-corrected chi connectivity index (χ2v) is 6.92. The Labute approximate surface area is 161 Å². The molecule has 0 radical (unpaired) electrons. The van der Waals surface area contributed by atoms with E-state index in [4.69, 9.17) is 4.74 Å². The molecule has 1 aromatic carbocycles. The molecule has 0 saturated carbocycles. The first-order chi connectivity index (χ1) is 12.9. The molecular formula is C19H22N2O5S. The van der Waals surface area contributed by atoms with Crippen LogP contribution in [0.3, 0.4) is 0 Å². The molecule has 3 N–H and O–H groups in total. The summed E-state index contributed by atoms with van der Waals surface area (Å²) in [5.74, 6) is -2.00. The summed E-state index contributed by atoms with van der Waals surface area (Å²) in [6.45, 7) is 1.50. The van der Waals surface area contributed by atoms with Crippen molar-refractivity contribution >= 4 is 29.1 Å². The normalized spacial score (nSPS) is 12.7. The highest BCUT2D eigenvalue weighted by Gasteiger charge is 2.23. The molecule has 0 saturated heterocycles. The van der Waals surface area contributed by atoms with Crippen LogP contribution in [0.1, 0.15) is 22.2 Å². The zero-order valence-electron chi connectivity index (χ0n) is 15.1. The number of benzene rings is 1. The van der Waals surface area contributed by atoms with Crippen molar-refractivity contribution in [2.45, 2.75) is 19.4 Å². The summed E-state index contributed by atoms with van der Waals surface area (Å²) < 4.78 is 5.24. The van der Waals surface area contributed by atoms with Crippen LogP contribution in [0.2, 0.25) is 0 Å². The molecule has 0 aliphatic carbocycles. The Morgan fingerprint density at radius 1 is 1.19 bits per heavy atom. The van der Waals surface area contributed by atoms with E-state index >= 15 is 0 Å². The van der Waals surface area contributed by atoms with Gasteiger partial charge in [-0.25, -0.2) is 0 Å². The molecule has 0 fully saturated rings. The van der Waals surface area contributed by atoms with Crippen LogP contribution >= 0.6 is 11.3 Å². The molecule has 0 spiro atoms. The Morgan fingerprint density at radius 3 is 2.56 bits per heavy atom. The lowest BCUT2D eigenvalue weighted by atomic mass is 9.98. The van der Waals surface area contributed by atoms with Gasteiger partial charge in [0.25, 0.3) is 5.91 Å². The van der Waals surface area contributed by atoms with Crippen molar-refractivity contribution in [3.63, 3.8) is 0 Å². The predicted octanol–water partition coefficient (Wildman–Crippen LogP) is 1.93. The Balaban J connectivity index is 1.91.